The first-order valence-corrected chi connectivity index (χ1v) is 6.45. The summed E-state index contributed by atoms with van der Waals surface area (Å²) in [5.74, 6) is 0. The molecule has 2 aromatic carbocycles. The normalized spacial score (nSPS) is 10.3. The van der Waals surface area contributed by atoms with Crippen LogP contribution in [0, 0.1) is 6.07 Å². The molecule has 0 N–H and O–H groups in total. The first kappa shape index (κ1) is 11.9. The third-order valence-corrected chi connectivity index (χ3v) is 3.27. The van der Waals surface area contributed by atoms with E-state index in [4.69, 9.17) is 12.6 Å². The van der Waals surface area contributed by atoms with E-state index in [9.17, 15) is 0 Å². The van der Waals surface area contributed by atoms with Crippen LogP contribution in [0.2, 0.25) is 0 Å². The van der Waals surface area contributed by atoms with E-state index in [1.807, 2.05) is 60.7 Å². The van der Waals surface area contributed by atoms with E-state index in [0.717, 1.165) is 27.3 Å². The molecule has 0 saturated heterocycles. The second-order valence-corrected chi connectivity index (χ2v) is 4.63. The van der Waals surface area contributed by atoms with Crippen LogP contribution in [-0.2, 0) is 12.6 Å². The molecule has 1 nitrogen and oxygen atoms in total. The van der Waals surface area contributed by atoms with E-state index in [-0.39, 0.29) is 0 Å². The molecule has 0 radical (unpaired) electrons. The quantitative estimate of drug-likeness (QED) is 0.508. The number of pyridine rings is 1. The fraction of sp³-hybridized carbons (Fsp3) is 0. The number of rotatable bonds is 2. The second kappa shape index (κ2) is 5.21. The van der Waals surface area contributed by atoms with Crippen molar-refractivity contribution in [3.63, 3.8) is 0 Å². The maximum atomic E-state index is 5.36. The Bertz CT molecular complexity index is 692. The highest BCUT2D eigenvalue weighted by molar-refractivity contribution is 7.59. The first-order chi connectivity index (χ1) is 9.34. The SMILES string of the molecule is [S-]c1ccccc1-c1[c-]c(-c2ccccn2)ccc1. The molecule has 0 aliphatic rings. The predicted molar refractivity (Wildman–Crippen MR) is 79.6 cm³/mol. The summed E-state index contributed by atoms with van der Waals surface area (Å²) in [6, 6.07) is 23.2. The second-order valence-electron chi connectivity index (χ2n) is 4.19. The summed E-state index contributed by atoms with van der Waals surface area (Å²) in [4.78, 5) is 5.19. The molecule has 1 aromatic heterocycles. The molecule has 0 aliphatic heterocycles. The predicted octanol–water partition coefficient (Wildman–Crippen LogP) is 4.12. The van der Waals surface area contributed by atoms with Gasteiger partial charge in [0.05, 0.1) is 0 Å². The molecule has 0 unspecified atom stereocenters. The standard InChI is InChI=1S/C17H12NS/c19-17-10-2-1-8-15(17)13-6-5-7-14(12-13)16-9-3-4-11-18-16/h1-11,19H/q-1/p-1. The van der Waals surface area contributed by atoms with Crippen molar-refractivity contribution in [2.24, 2.45) is 0 Å². The van der Waals surface area contributed by atoms with Gasteiger partial charge in [-0.2, -0.15) is 0 Å². The summed E-state index contributed by atoms with van der Waals surface area (Å²) in [5.41, 5.74) is 3.95. The fourth-order valence-corrected chi connectivity index (χ4v) is 2.24. The number of benzene rings is 2. The molecule has 92 valence electrons. The van der Waals surface area contributed by atoms with E-state index in [2.05, 4.69) is 11.1 Å². The highest BCUT2D eigenvalue weighted by Gasteiger charge is 1.95. The van der Waals surface area contributed by atoms with Gasteiger partial charge in [-0.05, 0) is 6.07 Å². The van der Waals surface area contributed by atoms with E-state index >= 15 is 0 Å². The lowest BCUT2D eigenvalue weighted by molar-refractivity contribution is 1.32. The zero-order valence-corrected chi connectivity index (χ0v) is 11.0. The van der Waals surface area contributed by atoms with Gasteiger partial charge in [0.1, 0.15) is 0 Å². The minimum Gasteiger partial charge on any atom is -0.787 e. The number of aromatic nitrogens is 1. The largest absolute Gasteiger partial charge is 0.787 e. The topological polar surface area (TPSA) is 12.9 Å². The molecule has 0 amide bonds. The molecule has 0 fully saturated rings. The van der Waals surface area contributed by atoms with Crippen LogP contribution >= 0.6 is 0 Å². The summed E-state index contributed by atoms with van der Waals surface area (Å²) in [6.45, 7) is 0. The van der Waals surface area contributed by atoms with Crippen LogP contribution in [0.15, 0.2) is 71.8 Å². The van der Waals surface area contributed by atoms with Crippen LogP contribution in [0.5, 0.6) is 0 Å². The molecule has 0 atom stereocenters. The lowest BCUT2D eigenvalue weighted by Gasteiger charge is -2.19. The Labute approximate surface area is 118 Å². The molecule has 3 aromatic rings. The third-order valence-electron chi connectivity index (χ3n) is 2.91. The summed E-state index contributed by atoms with van der Waals surface area (Å²) in [6.07, 6.45) is 1.79. The molecule has 0 bridgehead atoms. The Morgan fingerprint density at radius 2 is 1.58 bits per heavy atom. The van der Waals surface area contributed by atoms with Crippen LogP contribution in [0.25, 0.3) is 22.4 Å². The van der Waals surface area contributed by atoms with Gasteiger partial charge in [-0.3, -0.25) is 4.98 Å². The highest BCUT2D eigenvalue weighted by atomic mass is 32.1. The van der Waals surface area contributed by atoms with Gasteiger partial charge in [0.2, 0.25) is 0 Å². The van der Waals surface area contributed by atoms with Crippen molar-refractivity contribution in [1.82, 2.24) is 4.98 Å². The Morgan fingerprint density at radius 3 is 2.37 bits per heavy atom. The number of hydrogen-bond acceptors (Lipinski definition) is 2. The van der Waals surface area contributed by atoms with Crippen LogP contribution in [-0.4, -0.2) is 4.98 Å². The van der Waals surface area contributed by atoms with E-state index in [1.165, 1.54) is 0 Å². The Balaban J connectivity index is 2.09. The number of hydrogen-bond donors (Lipinski definition) is 0. The summed E-state index contributed by atoms with van der Waals surface area (Å²) in [7, 11) is 0. The van der Waals surface area contributed by atoms with Gasteiger partial charge >= 0.3 is 0 Å². The van der Waals surface area contributed by atoms with Crippen molar-refractivity contribution >= 4 is 12.6 Å². The average Bonchev–Trinajstić information content (AvgIpc) is 2.49. The number of nitrogens with zero attached hydrogens (tertiary/aromatic N) is 1. The van der Waals surface area contributed by atoms with E-state index in [1.54, 1.807) is 6.20 Å². The Kier molecular flexibility index (Phi) is 3.25. The van der Waals surface area contributed by atoms with Gasteiger partial charge in [0, 0.05) is 11.9 Å². The van der Waals surface area contributed by atoms with Crippen molar-refractivity contribution in [1.29, 1.82) is 0 Å². The van der Waals surface area contributed by atoms with Crippen LogP contribution in [0.4, 0.5) is 0 Å². The smallest absolute Gasteiger partial charge is 0.0183 e. The summed E-state index contributed by atoms with van der Waals surface area (Å²) >= 11 is 5.36. The van der Waals surface area contributed by atoms with Crippen molar-refractivity contribution in [2.45, 2.75) is 4.90 Å². The van der Waals surface area contributed by atoms with Gasteiger partial charge in [-0.1, -0.05) is 42.0 Å². The minimum absolute atomic E-state index is 0.844. The molecular formula is C17H11NS-2. The van der Waals surface area contributed by atoms with Crippen molar-refractivity contribution in [3.8, 4) is 22.4 Å². The summed E-state index contributed by atoms with van der Waals surface area (Å²) < 4.78 is 0. The zero-order chi connectivity index (χ0) is 13.1. The average molecular weight is 261 g/mol. The summed E-state index contributed by atoms with van der Waals surface area (Å²) in [5, 5.41) is 0. The van der Waals surface area contributed by atoms with Crippen LogP contribution < -0.4 is 0 Å². The molecule has 3 rings (SSSR count). The van der Waals surface area contributed by atoms with E-state index in [0.29, 0.717) is 0 Å². The monoisotopic (exact) mass is 261 g/mol. The maximum absolute atomic E-state index is 5.36. The van der Waals surface area contributed by atoms with Gasteiger partial charge in [-0.15, -0.1) is 35.4 Å². The minimum atomic E-state index is 0.844. The van der Waals surface area contributed by atoms with Crippen LogP contribution in [0.1, 0.15) is 0 Å². The molecule has 19 heavy (non-hydrogen) atoms. The van der Waals surface area contributed by atoms with Gasteiger partial charge in [0.25, 0.3) is 0 Å². The Hall–Kier alpha value is -2.19. The van der Waals surface area contributed by atoms with Gasteiger partial charge < -0.3 is 12.6 Å². The van der Waals surface area contributed by atoms with Crippen molar-refractivity contribution < 1.29 is 0 Å². The lowest BCUT2D eigenvalue weighted by atomic mass is 10.0. The fourth-order valence-electron chi connectivity index (χ4n) is 1.99. The molecule has 0 aliphatic carbocycles. The van der Waals surface area contributed by atoms with Crippen molar-refractivity contribution in [2.75, 3.05) is 0 Å². The molecular weight excluding hydrogens is 250 g/mol. The zero-order valence-electron chi connectivity index (χ0n) is 10.2. The van der Waals surface area contributed by atoms with Crippen molar-refractivity contribution in [3.05, 3.63) is 72.9 Å². The first-order valence-electron chi connectivity index (χ1n) is 6.05. The molecule has 0 saturated carbocycles. The molecule has 2 heteroatoms. The van der Waals surface area contributed by atoms with Gasteiger partial charge in [-0.25, -0.2) is 4.90 Å². The van der Waals surface area contributed by atoms with Crippen LogP contribution in [0.3, 0.4) is 0 Å². The maximum Gasteiger partial charge on any atom is 0.0183 e. The Morgan fingerprint density at radius 1 is 0.789 bits per heavy atom. The highest BCUT2D eigenvalue weighted by Crippen LogP contribution is 2.26. The lowest BCUT2D eigenvalue weighted by Crippen LogP contribution is -1.86. The van der Waals surface area contributed by atoms with E-state index < -0.39 is 0 Å². The third kappa shape index (κ3) is 2.49. The van der Waals surface area contributed by atoms with Gasteiger partial charge in [0.15, 0.2) is 0 Å². The molecule has 1 heterocycles. The molecule has 0 spiro atoms.